The number of piperidine rings is 2. The van der Waals surface area contributed by atoms with Gasteiger partial charge in [-0.25, -0.2) is 8.42 Å². The van der Waals surface area contributed by atoms with Gasteiger partial charge in [-0.1, -0.05) is 91.0 Å². The van der Waals surface area contributed by atoms with E-state index in [0.29, 0.717) is 16.7 Å². The Hall–Kier alpha value is -3.03. The zero-order valence-electron chi connectivity index (χ0n) is 25.4. The van der Waals surface area contributed by atoms with Crippen molar-refractivity contribution in [2.24, 2.45) is 17.6 Å². The maximum atomic E-state index is 12.9. The van der Waals surface area contributed by atoms with Gasteiger partial charge in [-0.3, -0.25) is 9.80 Å². The number of hydrogen-bond acceptors (Lipinski definition) is 5. The van der Waals surface area contributed by atoms with E-state index >= 15 is 0 Å². The summed E-state index contributed by atoms with van der Waals surface area (Å²) in [6.07, 6.45) is 5.61. The van der Waals surface area contributed by atoms with Gasteiger partial charge in [0.2, 0.25) is 0 Å². The summed E-state index contributed by atoms with van der Waals surface area (Å²) in [7, 11) is -3.25. The number of sulfone groups is 1. The Morgan fingerprint density at radius 1 is 0.651 bits per heavy atom. The maximum Gasteiger partial charge on any atom is 0.178 e. The molecule has 0 amide bonds. The summed E-state index contributed by atoms with van der Waals surface area (Å²) in [6.45, 7) is 7.36. The summed E-state index contributed by atoms with van der Waals surface area (Å²) in [6, 6.07) is 34.6. The van der Waals surface area contributed by atoms with E-state index in [-0.39, 0.29) is 5.75 Å². The number of rotatable bonds is 9. The molecule has 2 N–H and O–H groups in total. The number of likely N-dealkylation sites (tertiary alicyclic amines) is 2. The standard InChI is InChI=1S/C24H27NO2S.C13H20N2/c26-28(27,24-13-12-22-10-4-5-11-23(22)17-24)16-14-21-9-6-15-25(19-21)18-20-7-2-1-3-8-20;14-9-13-7-4-8-15(11-13)10-12-5-2-1-3-6-12/h1-5,7-8,10-13,17,21H,6,9,14-16,18-19H2;1-3,5-6,13H,4,7-11,14H2. The monoisotopic (exact) mass is 597 g/mol. The Balaban J connectivity index is 0.000000207. The van der Waals surface area contributed by atoms with Crippen molar-refractivity contribution in [3.63, 3.8) is 0 Å². The van der Waals surface area contributed by atoms with Gasteiger partial charge in [0.05, 0.1) is 10.6 Å². The van der Waals surface area contributed by atoms with Gasteiger partial charge in [-0.15, -0.1) is 0 Å². The van der Waals surface area contributed by atoms with Crippen LogP contribution in [0.25, 0.3) is 10.8 Å². The van der Waals surface area contributed by atoms with E-state index in [1.807, 2.05) is 42.5 Å². The van der Waals surface area contributed by atoms with Crippen LogP contribution in [-0.2, 0) is 22.9 Å². The van der Waals surface area contributed by atoms with Crippen LogP contribution in [0.2, 0.25) is 0 Å². The Morgan fingerprint density at radius 3 is 1.79 bits per heavy atom. The number of nitrogens with zero attached hydrogens (tertiary/aromatic N) is 2. The minimum Gasteiger partial charge on any atom is -0.330 e. The normalized spacial score (nSPS) is 19.9. The first-order valence-electron chi connectivity index (χ1n) is 15.9. The zero-order valence-corrected chi connectivity index (χ0v) is 26.2. The molecule has 43 heavy (non-hydrogen) atoms. The van der Waals surface area contributed by atoms with Crippen LogP contribution in [0.15, 0.2) is 108 Å². The molecule has 2 aliphatic rings. The van der Waals surface area contributed by atoms with Crippen molar-refractivity contribution in [2.45, 2.75) is 50.1 Å². The molecule has 0 aromatic heterocycles. The predicted molar refractivity (Wildman–Crippen MR) is 179 cm³/mol. The first-order valence-corrected chi connectivity index (χ1v) is 17.6. The molecular formula is C37H47N3O2S. The molecule has 4 aromatic carbocycles. The fourth-order valence-corrected chi connectivity index (χ4v) is 7.96. The number of benzene rings is 4. The van der Waals surface area contributed by atoms with Crippen LogP contribution in [0.4, 0.5) is 0 Å². The highest BCUT2D eigenvalue weighted by Gasteiger charge is 2.23. The predicted octanol–water partition coefficient (Wildman–Crippen LogP) is 6.77. The molecule has 4 aromatic rings. The van der Waals surface area contributed by atoms with Gasteiger partial charge < -0.3 is 5.73 Å². The molecule has 2 atom stereocenters. The molecule has 0 spiro atoms. The highest BCUT2D eigenvalue weighted by Crippen LogP contribution is 2.25. The minimum absolute atomic E-state index is 0.231. The molecule has 2 aliphatic heterocycles. The SMILES string of the molecule is NCC1CCCN(Cc2ccccc2)C1.O=S(=O)(CCC1CCCN(Cc2ccccc2)C1)c1ccc2ccccc2c1. The Labute approximate surface area is 258 Å². The van der Waals surface area contributed by atoms with Gasteiger partial charge in [0.25, 0.3) is 0 Å². The molecule has 2 unspecified atom stereocenters. The second kappa shape index (κ2) is 15.6. The van der Waals surface area contributed by atoms with E-state index in [9.17, 15) is 8.42 Å². The third-order valence-corrected chi connectivity index (χ3v) is 10.7. The molecule has 0 saturated carbocycles. The summed E-state index contributed by atoms with van der Waals surface area (Å²) in [5, 5.41) is 2.06. The summed E-state index contributed by atoms with van der Waals surface area (Å²) < 4.78 is 25.8. The minimum atomic E-state index is -3.25. The van der Waals surface area contributed by atoms with Crippen molar-refractivity contribution in [1.29, 1.82) is 0 Å². The van der Waals surface area contributed by atoms with Crippen molar-refractivity contribution in [3.8, 4) is 0 Å². The molecule has 6 heteroatoms. The van der Waals surface area contributed by atoms with E-state index in [1.165, 1.54) is 37.1 Å². The first kappa shape index (κ1) is 31.4. The van der Waals surface area contributed by atoms with Crippen molar-refractivity contribution in [3.05, 3.63) is 114 Å². The van der Waals surface area contributed by atoms with Crippen LogP contribution in [0, 0.1) is 11.8 Å². The molecule has 2 heterocycles. The van der Waals surface area contributed by atoms with Gasteiger partial charge in [0.1, 0.15) is 0 Å². The van der Waals surface area contributed by atoms with Crippen LogP contribution < -0.4 is 5.73 Å². The highest BCUT2D eigenvalue weighted by atomic mass is 32.2. The zero-order chi connectivity index (χ0) is 29.9. The highest BCUT2D eigenvalue weighted by molar-refractivity contribution is 7.91. The number of hydrogen-bond donors (Lipinski definition) is 1. The average Bonchev–Trinajstić information content (AvgIpc) is 3.05. The van der Waals surface area contributed by atoms with Crippen molar-refractivity contribution < 1.29 is 8.42 Å². The van der Waals surface area contributed by atoms with Gasteiger partial charge >= 0.3 is 0 Å². The van der Waals surface area contributed by atoms with E-state index in [0.717, 1.165) is 62.8 Å². The molecule has 2 fully saturated rings. The lowest BCUT2D eigenvalue weighted by atomic mass is 9.95. The van der Waals surface area contributed by atoms with Crippen molar-refractivity contribution in [2.75, 3.05) is 38.5 Å². The Kier molecular flexibility index (Phi) is 11.4. The van der Waals surface area contributed by atoms with Crippen molar-refractivity contribution >= 4 is 20.6 Å². The first-order chi connectivity index (χ1) is 21.0. The van der Waals surface area contributed by atoms with Gasteiger partial charge in [0, 0.05) is 26.2 Å². The molecular weight excluding hydrogens is 550 g/mol. The van der Waals surface area contributed by atoms with Gasteiger partial charge in [-0.05, 0) is 97.6 Å². The number of nitrogens with two attached hydrogens (primary N) is 1. The molecule has 0 radical (unpaired) electrons. The lowest BCUT2D eigenvalue weighted by molar-refractivity contribution is 0.165. The third kappa shape index (κ3) is 9.48. The van der Waals surface area contributed by atoms with Crippen LogP contribution in [-0.4, -0.2) is 56.7 Å². The van der Waals surface area contributed by atoms with E-state index in [2.05, 4.69) is 64.4 Å². The summed E-state index contributed by atoms with van der Waals surface area (Å²) >= 11 is 0. The van der Waals surface area contributed by atoms with Gasteiger partial charge in [-0.2, -0.15) is 0 Å². The smallest absolute Gasteiger partial charge is 0.178 e. The molecule has 2 saturated heterocycles. The lowest BCUT2D eigenvalue weighted by Crippen LogP contribution is -2.37. The quantitative estimate of drug-likeness (QED) is 0.231. The van der Waals surface area contributed by atoms with Gasteiger partial charge in [0.15, 0.2) is 9.84 Å². The Morgan fingerprint density at radius 2 is 1.19 bits per heavy atom. The Bertz CT molecular complexity index is 1510. The molecule has 0 aliphatic carbocycles. The second-order valence-electron chi connectivity index (χ2n) is 12.3. The van der Waals surface area contributed by atoms with E-state index in [1.54, 1.807) is 6.07 Å². The third-order valence-electron chi connectivity index (χ3n) is 8.91. The fraction of sp³-hybridized carbons (Fsp3) is 0.405. The van der Waals surface area contributed by atoms with E-state index < -0.39 is 9.84 Å². The van der Waals surface area contributed by atoms with Crippen molar-refractivity contribution in [1.82, 2.24) is 9.80 Å². The number of fused-ring (bicyclic) bond motifs is 1. The van der Waals surface area contributed by atoms with E-state index in [4.69, 9.17) is 5.73 Å². The van der Waals surface area contributed by atoms with Crippen LogP contribution in [0.5, 0.6) is 0 Å². The second-order valence-corrected chi connectivity index (χ2v) is 14.4. The van der Waals surface area contributed by atoms with Crippen LogP contribution in [0.1, 0.15) is 43.2 Å². The van der Waals surface area contributed by atoms with Crippen LogP contribution in [0.3, 0.4) is 0 Å². The lowest BCUT2D eigenvalue weighted by Gasteiger charge is -2.32. The molecule has 5 nitrogen and oxygen atoms in total. The molecule has 6 rings (SSSR count). The summed E-state index contributed by atoms with van der Waals surface area (Å²) in [5.74, 6) is 1.39. The fourth-order valence-electron chi connectivity index (χ4n) is 6.50. The maximum absolute atomic E-state index is 12.9. The summed E-state index contributed by atoms with van der Waals surface area (Å²) in [5.41, 5.74) is 8.47. The average molecular weight is 598 g/mol. The molecule has 228 valence electrons. The summed E-state index contributed by atoms with van der Waals surface area (Å²) in [4.78, 5) is 5.44. The largest absolute Gasteiger partial charge is 0.330 e. The topological polar surface area (TPSA) is 66.6 Å². The van der Waals surface area contributed by atoms with Crippen LogP contribution >= 0.6 is 0 Å². The molecule has 0 bridgehead atoms.